The van der Waals surface area contributed by atoms with Crippen molar-refractivity contribution in [3.8, 4) is 5.75 Å². The van der Waals surface area contributed by atoms with Crippen molar-refractivity contribution in [2.24, 2.45) is 11.8 Å². The first-order valence-electron chi connectivity index (χ1n) is 5.24. The van der Waals surface area contributed by atoms with E-state index in [1.54, 1.807) is 7.11 Å². The molecule has 3 heteroatoms. The number of carbonyl (C=O) groups is 1. The van der Waals surface area contributed by atoms with Crippen LogP contribution in [0.25, 0.3) is 0 Å². The molecule has 1 saturated carbocycles. The van der Waals surface area contributed by atoms with Gasteiger partial charge < -0.3 is 10.1 Å². The molecule has 2 fully saturated rings. The zero-order chi connectivity index (χ0) is 10.4. The van der Waals surface area contributed by atoms with Crippen LogP contribution in [0.4, 0.5) is 0 Å². The van der Waals surface area contributed by atoms with Crippen molar-refractivity contribution in [3.05, 3.63) is 29.8 Å². The van der Waals surface area contributed by atoms with Gasteiger partial charge in [0.2, 0.25) is 5.91 Å². The quantitative estimate of drug-likeness (QED) is 0.791. The van der Waals surface area contributed by atoms with Crippen molar-refractivity contribution in [1.29, 1.82) is 0 Å². The highest BCUT2D eigenvalue weighted by Crippen LogP contribution is 2.53. The van der Waals surface area contributed by atoms with E-state index < -0.39 is 0 Å². The van der Waals surface area contributed by atoms with Gasteiger partial charge in [-0.1, -0.05) is 18.2 Å². The van der Waals surface area contributed by atoms with Crippen LogP contribution in [0.15, 0.2) is 24.3 Å². The minimum Gasteiger partial charge on any atom is -0.496 e. The summed E-state index contributed by atoms with van der Waals surface area (Å²) < 4.78 is 5.31. The molecule has 0 spiro atoms. The van der Waals surface area contributed by atoms with Crippen molar-refractivity contribution in [2.75, 3.05) is 7.11 Å². The molecule has 1 N–H and O–H groups in total. The van der Waals surface area contributed by atoms with Crippen LogP contribution in [0.3, 0.4) is 0 Å². The van der Waals surface area contributed by atoms with Gasteiger partial charge in [-0.05, 0) is 18.4 Å². The number of fused-ring (bicyclic) bond motifs is 1. The van der Waals surface area contributed by atoms with Gasteiger partial charge in [0.05, 0.1) is 13.2 Å². The van der Waals surface area contributed by atoms with Gasteiger partial charge in [0.25, 0.3) is 0 Å². The summed E-state index contributed by atoms with van der Waals surface area (Å²) in [6.07, 6.45) is 1.04. The van der Waals surface area contributed by atoms with Crippen LogP contribution in [-0.2, 0) is 4.79 Å². The van der Waals surface area contributed by atoms with Gasteiger partial charge in [-0.3, -0.25) is 4.79 Å². The fourth-order valence-corrected chi connectivity index (χ4v) is 2.48. The van der Waals surface area contributed by atoms with E-state index in [1.807, 2.05) is 24.3 Å². The lowest BCUT2D eigenvalue weighted by atomic mass is 10.0. The molecule has 1 aliphatic carbocycles. The van der Waals surface area contributed by atoms with Gasteiger partial charge in [0, 0.05) is 11.5 Å². The normalized spacial score (nSPS) is 32.1. The summed E-state index contributed by atoms with van der Waals surface area (Å²) in [6, 6.07) is 8.07. The highest BCUT2D eigenvalue weighted by atomic mass is 16.5. The second kappa shape index (κ2) is 2.99. The number of carbonyl (C=O) groups excluding carboxylic acids is 1. The summed E-state index contributed by atoms with van der Waals surface area (Å²) in [6.45, 7) is 0. The van der Waals surface area contributed by atoms with E-state index in [2.05, 4.69) is 5.32 Å². The number of rotatable bonds is 2. The Morgan fingerprint density at radius 1 is 1.40 bits per heavy atom. The standard InChI is InChI=1S/C12H13NO2/c1-15-10-5-3-2-4-7(10)11-8-6-9(8)12(14)13-11/h2-5,8-9,11H,6H2,1H3,(H,13,14). The Morgan fingerprint density at radius 2 is 2.20 bits per heavy atom. The number of piperidine rings is 1. The van der Waals surface area contributed by atoms with E-state index in [9.17, 15) is 4.79 Å². The summed E-state index contributed by atoms with van der Waals surface area (Å²) in [7, 11) is 1.67. The third kappa shape index (κ3) is 1.23. The number of ether oxygens (including phenoxy) is 1. The first kappa shape index (κ1) is 8.77. The van der Waals surface area contributed by atoms with Crippen LogP contribution in [0, 0.1) is 11.8 Å². The molecule has 2 aliphatic rings. The predicted molar refractivity (Wildman–Crippen MR) is 55.5 cm³/mol. The summed E-state index contributed by atoms with van der Waals surface area (Å²) in [4.78, 5) is 11.4. The first-order valence-corrected chi connectivity index (χ1v) is 5.24. The summed E-state index contributed by atoms with van der Waals surface area (Å²) in [5, 5.41) is 3.03. The van der Waals surface area contributed by atoms with E-state index in [4.69, 9.17) is 4.74 Å². The maximum absolute atomic E-state index is 11.4. The SMILES string of the molecule is COc1ccccc1C1NC(=O)C2CC21. The van der Waals surface area contributed by atoms with Gasteiger partial charge in [-0.2, -0.15) is 0 Å². The van der Waals surface area contributed by atoms with Crippen LogP contribution in [0.1, 0.15) is 18.0 Å². The van der Waals surface area contributed by atoms with Crippen molar-refractivity contribution < 1.29 is 9.53 Å². The second-order valence-electron chi connectivity index (χ2n) is 4.23. The van der Waals surface area contributed by atoms with Gasteiger partial charge in [0.15, 0.2) is 0 Å². The lowest BCUT2D eigenvalue weighted by Gasteiger charge is -2.16. The lowest BCUT2D eigenvalue weighted by molar-refractivity contribution is -0.121. The third-order valence-corrected chi connectivity index (χ3v) is 3.38. The minimum atomic E-state index is 0.165. The van der Waals surface area contributed by atoms with E-state index >= 15 is 0 Å². The average Bonchev–Trinajstić information content (AvgIpc) is 3.00. The number of benzene rings is 1. The van der Waals surface area contributed by atoms with Crippen LogP contribution < -0.4 is 10.1 Å². The monoisotopic (exact) mass is 203 g/mol. The van der Waals surface area contributed by atoms with Gasteiger partial charge in [0.1, 0.15) is 5.75 Å². The molecular weight excluding hydrogens is 190 g/mol. The largest absolute Gasteiger partial charge is 0.496 e. The molecule has 1 amide bonds. The number of amides is 1. The van der Waals surface area contributed by atoms with Gasteiger partial charge in [-0.15, -0.1) is 0 Å². The first-order chi connectivity index (χ1) is 7.31. The smallest absolute Gasteiger partial charge is 0.223 e. The van der Waals surface area contributed by atoms with Crippen molar-refractivity contribution in [3.63, 3.8) is 0 Å². The maximum Gasteiger partial charge on any atom is 0.223 e. The number of para-hydroxylation sites is 1. The highest BCUT2D eigenvalue weighted by molar-refractivity contribution is 5.85. The zero-order valence-corrected chi connectivity index (χ0v) is 8.57. The van der Waals surface area contributed by atoms with E-state index in [0.717, 1.165) is 17.7 Å². The molecule has 0 radical (unpaired) electrons. The Bertz CT molecular complexity index is 416. The molecule has 78 valence electrons. The molecule has 1 aromatic carbocycles. The van der Waals surface area contributed by atoms with Gasteiger partial charge in [-0.25, -0.2) is 0 Å². The third-order valence-electron chi connectivity index (χ3n) is 3.38. The fraction of sp³-hybridized carbons (Fsp3) is 0.417. The molecule has 1 saturated heterocycles. The Hall–Kier alpha value is -1.51. The fourth-order valence-electron chi connectivity index (χ4n) is 2.48. The molecule has 3 nitrogen and oxygen atoms in total. The average molecular weight is 203 g/mol. The lowest BCUT2D eigenvalue weighted by Crippen LogP contribution is -2.23. The Labute approximate surface area is 88.4 Å². The molecule has 15 heavy (non-hydrogen) atoms. The van der Waals surface area contributed by atoms with E-state index in [0.29, 0.717) is 5.92 Å². The number of nitrogens with one attached hydrogen (secondary N) is 1. The number of hydrogen-bond acceptors (Lipinski definition) is 2. The molecule has 3 atom stereocenters. The maximum atomic E-state index is 11.4. The number of hydrogen-bond donors (Lipinski definition) is 1. The Kier molecular flexibility index (Phi) is 1.75. The van der Waals surface area contributed by atoms with Crippen LogP contribution in [0.5, 0.6) is 5.75 Å². The summed E-state index contributed by atoms with van der Waals surface area (Å²) in [5.41, 5.74) is 1.11. The molecule has 3 rings (SSSR count). The zero-order valence-electron chi connectivity index (χ0n) is 8.57. The minimum absolute atomic E-state index is 0.165. The Morgan fingerprint density at radius 3 is 2.80 bits per heavy atom. The molecule has 1 aromatic rings. The van der Waals surface area contributed by atoms with E-state index in [1.165, 1.54) is 0 Å². The predicted octanol–water partition coefficient (Wildman–Crippen LogP) is 1.50. The topological polar surface area (TPSA) is 38.3 Å². The number of methoxy groups -OCH3 is 1. The van der Waals surface area contributed by atoms with Crippen LogP contribution in [-0.4, -0.2) is 13.0 Å². The molecule has 1 heterocycles. The Balaban J connectivity index is 1.96. The summed E-state index contributed by atoms with van der Waals surface area (Å²) in [5.74, 6) is 1.83. The molecule has 1 aliphatic heterocycles. The molecule has 3 unspecified atom stereocenters. The van der Waals surface area contributed by atoms with Crippen LogP contribution >= 0.6 is 0 Å². The molecular formula is C12H13NO2. The van der Waals surface area contributed by atoms with Crippen molar-refractivity contribution in [2.45, 2.75) is 12.5 Å². The van der Waals surface area contributed by atoms with Crippen LogP contribution in [0.2, 0.25) is 0 Å². The highest BCUT2D eigenvalue weighted by Gasteiger charge is 2.55. The molecule has 0 aromatic heterocycles. The second-order valence-corrected chi connectivity index (χ2v) is 4.23. The van der Waals surface area contributed by atoms with Crippen molar-refractivity contribution >= 4 is 5.91 Å². The van der Waals surface area contributed by atoms with Gasteiger partial charge >= 0.3 is 0 Å². The van der Waals surface area contributed by atoms with Crippen molar-refractivity contribution in [1.82, 2.24) is 5.32 Å². The molecule has 0 bridgehead atoms. The summed E-state index contributed by atoms with van der Waals surface area (Å²) >= 11 is 0. The van der Waals surface area contributed by atoms with E-state index in [-0.39, 0.29) is 17.9 Å².